The largest absolute Gasteiger partial charge is 0.374 e. The van der Waals surface area contributed by atoms with Crippen LogP contribution in [0.4, 0.5) is 8.78 Å². The minimum absolute atomic E-state index is 0.00889. The first-order valence-electron chi connectivity index (χ1n) is 8.57. The van der Waals surface area contributed by atoms with Crippen molar-refractivity contribution in [2.45, 2.75) is 57.1 Å². The van der Waals surface area contributed by atoms with Crippen molar-refractivity contribution >= 4 is 5.91 Å². The maximum Gasteiger partial charge on any atom is 0.251 e. The lowest BCUT2D eigenvalue weighted by molar-refractivity contribution is -0.155. The van der Waals surface area contributed by atoms with Crippen molar-refractivity contribution in [1.82, 2.24) is 9.80 Å². The third-order valence-electron chi connectivity index (χ3n) is 5.35. The van der Waals surface area contributed by atoms with Gasteiger partial charge in [0.2, 0.25) is 5.91 Å². The maximum atomic E-state index is 12.8. The van der Waals surface area contributed by atoms with Crippen molar-refractivity contribution in [2.24, 2.45) is 5.92 Å². The molecule has 0 bridgehead atoms. The molecule has 1 amide bonds. The highest BCUT2D eigenvalue weighted by molar-refractivity contribution is 5.79. The molecule has 0 aromatic carbocycles. The Bertz CT molecular complexity index is 384. The molecule has 0 aromatic rings. The van der Waals surface area contributed by atoms with E-state index in [9.17, 15) is 13.6 Å². The monoisotopic (exact) mass is 316 g/mol. The molecule has 126 valence electrons. The Kier molecular flexibility index (Phi) is 5.29. The third kappa shape index (κ3) is 3.59. The summed E-state index contributed by atoms with van der Waals surface area (Å²) in [6.07, 6.45) is 3.80. The molecule has 0 N–H and O–H groups in total. The van der Waals surface area contributed by atoms with Crippen LogP contribution < -0.4 is 0 Å². The van der Waals surface area contributed by atoms with Crippen molar-refractivity contribution in [3.8, 4) is 0 Å². The highest BCUT2D eigenvalue weighted by Crippen LogP contribution is 2.31. The number of piperidine rings is 1. The molecular formula is C16H26F2N2O2. The molecule has 3 rings (SSSR count). The van der Waals surface area contributed by atoms with E-state index >= 15 is 0 Å². The molecule has 22 heavy (non-hydrogen) atoms. The fraction of sp³-hybridized carbons (Fsp3) is 0.938. The van der Waals surface area contributed by atoms with Gasteiger partial charge in [-0.05, 0) is 38.8 Å². The van der Waals surface area contributed by atoms with Crippen LogP contribution in [0.3, 0.4) is 0 Å². The van der Waals surface area contributed by atoms with Crippen LogP contribution in [0.25, 0.3) is 0 Å². The van der Waals surface area contributed by atoms with Gasteiger partial charge in [-0.2, -0.15) is 0 Å². The van der Waals surface area contributed by atoms with Crippen molar-refractivity contribution in [3.63, 3.8) is 0 Å². The number of hydrogen-bond donors (Lipinski definition) is 0. The van der Waals surface area contributed by atoms with Crippen LogP contribution in [-0.2, 0) is 9.53 Å². The molecule has 0 aromatic heterocycles. The molecule has 0 radical (unpaired) electrons. The van der Waals surface area contributed by atoms with E-state index in [0.29, 0.717) is 39.1 Å². The van der Waals surface area contributed by atoms with Crippen molar-refractivity contribution in [3.05, 3.63) is 0 Å². The van der Waals surface area contributed by atoms with Gasteiger partial charge in [-0.25, -0.2) is 8.78 Å². The molecule has 2 heterocycles. The van der Waals surface area contributed by atoms with Crippen LogP contribution >= 0.6 is 0 Å². The molecule has 0 spiro atoms. The molecule has 6 heteroatoms. The Balaban J connectivity index is 1.55. The molecule has 2 saturated heterocycles. The van der Waals surface area contributed by atoms with Gasteiger partial charge in [-0.1, -0.05) is 12.8 Å². The van der Waals surface area contributed by atoms with E-state index < -0.39 is 6.43 Å². The number of fused-ring (bicyclic) bond motifs is 1. The van der Waals surface area contributed by atoms with Gasteiger partial charge < -0.3 is 9.64 Å². The van der Waals surface area contributed by atoms with E-state index in [-0.39, 0.29) is 30.5 Å². The number of carbonyl (C=O) groups is 1. The van der Waals surface area contributed by atoms with Crippen molar-refractivity contribution in [2.75, 3.05) is 32.8 Å². The highest BCUT2D eigenvalue weighted by atomic mass is 19.3. The Morgan fingerprint density at radius 2 is 1.82 bits per heavy atom. The Morgan fingerprint density at radius 1 is 1.09 bits per heavy atom. The lowest BCUT2D eigenvalue weighted by atomic mass is 9.88. The first-order chi connectivity index (χ1) is 10.6. The van der Waals surface area contributed by atoms with E-state index in [2.05, 4.69) is 0 Å². The van der Waals surface area contributed by atoms with Gasteiger partial charge in [0.05, 0.1) is 25.3 Å². The van der Waals surface area contributed by atoms with Gasteiger partial charge in [0, 0.05) is 12.5 Å². The Labute approximate surface area is 130 Å². The van der Waals surface area contributed by atoms with Gasteiger partial charge >= 0.3 is 0 Å². The summed E-state index contributed by atoms with van der Waals surface area (Å²) in [6.45, 7) is 2.38. The molecular weight excluding hydrogens is 290 g/mol. The number of amides is 1. The number of carbonyl (C=O) groups excluding carboxylic acids is 1. The van der Waals surface area contributed by atoms with E-state index in [1.54, 1.807) is 4.90 Å². The second-order valence-electron chi connectivity index (χ2n) is 6.76. The summed E-state index contributed by atoms with van der Waals surface area (Å²) < 4.78 is 30.7. The minimum Gasteiger partial charge on any atom is -0.374 e. The summed E-state index contributed by atoms with van der Waals surface area (Å²) in [5.74, 6) is 0.242. The predicted octanol–water partition coefficient (Wildman–Crippen LogP) is 2.13. The van der Waals surface area contributed by atoms with E-state index in [0.717, 1.165) is 12.8 Å². The van der Waals surface area contributed by atoms with Crippen LogP contribution in [0.15, 0.2) is 0 Å². The molecule has 2 atom stereocenters. The zero-order valence-corrected chi connectivity index (χ0v) is 13.1. The summed E-state index contributed by atoms with van der Waals surface area (Å²) in [6, 6.07) is 0.245. The third-order valence-corrected chi connectivity index (χ3v) is 5.35. The van der Waals surface area contributed by atoms with Crippen LogP contribution in [0.2, 0.25) is 0 Å². The van der Waals surface area contributed by atoms with Gasteiger partial charge in [-0.3, -0.25) is 9.69 Å². The molecule has 1 saturated carbocycles. The second kappa shape index (κ2) is 7.21. The number of rotatable bonds is 3. The Morgan fingerprint density at radius 3 is 2.55 bits per heavy atom. The first-order valence-corrected chi connectivity index (χ1v) is 8.57. The van der Waals surface area contributed by atoms with Crippen molar-refractivity contribution < 1.29 is 18.3 Å². The quantitative estimate of drug-likeness (QED) is 0.800. The van der Waals surface area contributed by atoms with Crippen LogP contribution in [0, 0.1) is 5.92 Å². The number of hydrogen-bond acceptors (Lipinski definition) is 3. The summed E-state index contributed by atoms with van der Waals surface area (Å²) >= 11 is 0. The van der Waals surface area contributed by atoms with Crippen LogP contribution in [-0.4, -0.2) is 67.1 Å². The standard InChI is InChI=1S/C16H26F2N2O2/c17-15(18)11-19-7-5-12(6-8-19)16(21)20-9-10-22-14-4-2-1-3-13(14)20/h12-15H,1-11H2/t13-,14+/m1/s1. The van der Waals surface area contributed by atoms with Gasteiger partial charge in [0.15, 0.2) is 0 Å². The summed E-state index contributed by atoms with van der Waals surface area (Å²) in [7, 11) is 0. The smallest absolute Gasteiger partial charge is 0.251 e. The molecule has 3 aliphatic rings. The summed E-state index contributed by atoms with van der Waals surface area (Å²) in [5, 5.41) is 0. The van der Waals surface area contributed by atoms with Gasteiger partial charge in [0.25, 0.3) is 6.43 Å². The molecule has 3 fully saturated rings. The summed E-state index contributed by atoms with van der Waals surface area (Å²) in [4.78, 5) is 16.7. The van der Waals surface area contributed by atoms with E-state index in [4.69, 9.17) is 4.74 Å². The zero-order chi connectivity index (χ0) is 15.5. The zero-order valence-electron chi connectivity index (χ0n) is 13.1. The normalized spacial score (nSPS) is 31.3. The van der Waals surface area contributed by atoms with E-state index in [1.807, 2.05) is 4.90 Å². The van der Waals surface area contributed by atoms with Gasteiger partial charge in [-0.15, -0.1) is 0 Å². The lowest BCUT2D eigenvalue weighted by Crippen LogP contribution is -2.57. The minimum atomic E-state index is -2.28. The van der Waals surface area contributed by atoms with Gasteiger partial charge in [0.1, 0.15) is 0 Å². The van der Waals surface area contributed by atoms with Crippen LogP contribution in [0.5, 0.6) is 0 Å². The SMILES string of the molecule is O=C(C1CCN(CC(F)F)CC1)N1CCO[C@H]2CCCC[C@H]21. The average molecular weight is 316 g/mol. The molecule has 2 aliphatic heterocycles. The van der Waals surface area contributed by atoms with Crippen molar-refractivity contribution in [1.29, 1.82) is 0 Å². The van der Waals surface area contributed by atoms with Crippen LogP contribution in [0.1, 0.15) is 38.5 Å². The number of ether oxygens (including phenoxy) is 1. The number of nitrogens with zero attached hydrogens (tertiary/aromatic N) is 2. The van der Waals surface area contributed by atoms with E-state index in [1.165, 1.54) is 12.8 Å². The molecule has 4 nitrogen and oxygen atoms in total. The first kappa shape index (κ1) is 16.1. The summed E-state index contributed by atoms with van der Waals surface area (Å²) in [5.41, 5.74) is 0. The lowest BCUT2D eigenvalue weighted by Gasteiger charge is -2.45. The predicted molar refractivity (Wildman–Crippen MR) is 78.9 cm³/mol. The number of alkyl halides is 2. The highest BCUT2D eigenvalue weighted by Gasteiger charge is 2.39. The second-order valence-corrected chi connectivity index (χ2v) is 6.76. The topological polar surface area (TPSA) is 32.8 Å². The number of morpholine rings is 1. The molecule has 0 unspecified atom stereocenters. The maximum absolute atomic E-state index is 12.8. The number of halogens is 2. The fourth-order valence-electron chi connectivity index (χ4n) is 4.16. The Hall–Kier alpha value is -0.750. The molecule has 1 aliphatic carbocycles. The number of likely N-dealkylation sites (tertiary alicyclic amines) is 1. The average Bonchev–Trinajstić information content (AvgIpc) is 2.54. The fourth-order valence-corrected chi connectivity index (χ4v) is 4.16.